The highest BCUT2D eigenvalue weighted by Gasteiger charge is 2.22. The number of halogens is 2. The molecule has 1 saturated heterocycles. The van der Waals surface area contributed by atoms with Gasteiger partial charge in [0.2, 0.25) is 0 Å². The first-order valence-electron chi connectivity index (χ1n) is 10.7. The Hall–Kier alpha value is -3.49. The molecule has 2 aromatic heterocycles. The van der Waals surface area contributed by atoms with E-state index in [4.69, 9.17) is 4.99 Å². The Morgan fingerprint density at radius 3 is 2.56 bits per heavy atom. The van der Waals surface area contributed by atoms with Gasteiger partial charge in [-0.1, -0.05) is 6.07 Å². The quantitative estimate of drug-likeness (QED) is 0.489. The fourth-order valence-corrected chi connectivity index (χ4v) is 3.75. The number of nitrogens with one attached hydrogen (secondary N) is 1. The maximum atomic E-state index is 14.1. The summed E-state index contributed by atoms with van der Waals surface area (Å²) in [5, 5.41) is 3.33. The van der Waals surface area contributed by atoms with Crippen LogP contribution < -0.4 is 10.2 Å². The van der Waals surface area contributed by atoms with Crippen LogP contribution in [0.4, 0.5) is 14.5 Å². The highest BCUT2D eigenvalue weighted by molar-refractivity contribution is 5.80. The molecule has 0 radical (unpaired) electrons. The molecule has 0 bridgehead atoms. The average Bonchev–Trinajstić information content (AvgIpc) is 3.24. The fourth-order valence-electron chi connectivity index (χ4n) is 3.75. The zero-order valence-electron chi connectivity index (χ0n) is 18.3. The number of piperazine rings is 1. The summed E-state index contributed by atoms with van der Waals surface area (Å²) in [5.41, 5.74) is 1.31. The summed E-state index contributed by atoms with van der Waals surface area (Å²) >= 11 is 0. The predicted octanol–water partition coefficient (Wildman–Crippen LogP) is 3.14. The van der Waals surface area contributed by atoms with Gasteiger partial charge in [0.05, 0.1) is 12.2 Å². The lowest BCUT2D eigenvalue weighted by Crippen LogP contribution is -2.52. The Morgan fingerprint density at radius 2 is 1.91 bits per heavy atom. The van der Waals surface area contributed by atoms with Crippen molar-refractivity contribution >= 4 is 11.6 Å². The second-order valence-corrected chi connectivity index (χ2v) is 7.61. The van der Waals surface area contributed by atoms with E-state index in [0.29, 0.717) is 38.4 Å². The van der Waals surface area contributed by atoms with Crippen molar-refractivity contribution in [1.29, 1.82) is 0 Å². The molecule has 1 aliphatic heterocycles. The van der Waals surface area contributed by atoms with Crippen LogP contribution in [0.5, 0.6) is 0 Å². The molecule has 0 spiro atoms. The largest absolute Gasteiger partial charge is 0.366 e. The van der Waals surface area contributed by atoms with Gasteiger partial charge < -0.3 is 15.1 Å². The number of rotatable bonds is 5. The van der Waals surface area contributed by atoms with Gasteiger partial charge in [-0.2, -0.15) is 0 Å². The minimum atomic E-state index is -0.429. The molecule has 168 valence electrons. The molecule has 32 heavy (non-hydrogen) atoms. The molecule has 1 N–H and O–H groups in total. The van der Waals surface area contributed by atoms with Crippen LogP contribution in [0.1, 0.15) is 18.3 Å². The molecule has 1 aliphatic rings. The van der Waals surface area contributed by atoms with Gasteiger partial charge in [0.25, 0.3) is 0 Å². The number of imidazole rings is 1. The molecular weight excluding hydrogens is 412 g/mol. The number of aryl methyl sites for hydroxylation is 1. The first kappa shape index (κ1) is 21.7. The lowest BCUT2D eigenvalue weighted by Gasteiger charge is -2.37. The number of nitrogens with zero attached hydrogens (tertiary/aromatic N) is 6. The van der Waals surface area contributed by atoms with E-state index in [0.717, 1.165) is 35.8 Å². The van der Waals surface area contributed by atoms with E-state index >= 15 is 0 Å². The standard InChI is InChI=1S/C23H27F2N7/c1-3-26-23(29-16-18-4-7-22(28-15-18)32-9-8-27-17(32)2)31-12-10-30(11-13-31)21-14-19(24)5-6-20(21)25/h4-9,14-15H,3,10-13,16H2,1-2H3,(H,26,29). The van der Waals surface area contributed by atoms with Crippen molar-refractivity contribution in [2.75, 3.05) is 37.6 Å². The molecule has 0 saturated carbocycles. The molecule has 3 aromatic rings. The monoisotopic (exact) mass is 439 g/mol. The first-order chi connectivity index (χ1) is 15.5. The zero-order chi connectivity index (χ0) is 22.5. The third-order valence-corrected chi connectivity index (χ3v) is 5.46. The van der Waals surface area contributed by atoms with E-state index in [9.17, 15) is 8.78 Å². The topological polar surface area (TPSA) is 61.6 Å². The van der Waals surface area contributed by atoms with Gasteiger partial charge in [0, 0.05) is 57.4 Å². The molecule has 0 unspecified atom stereocenters. The summed E-state index contributed by atoms with van der Waals surface area (Å²) in [6.45, 7) is 7.71. The van der Waals surface area contributed by atoms with Gasteiger partial charge in [0.1, 0.15) is 23.3 Å². The predicted molar refractivity (Wildman–Crippen MR) is 121 cm³/mol. The third-order valence-electron chi connectivity index (χ3n) is 5.46. The van der Waals surface area contributed by atoms with E-state index in [1.165, 1.54) is 12.1 Å². The maximum Gasteiger partial charge on any atom is 0.194 e. The second kappa shape index (κ2) is 9.76. The van der Waals surface area contributed by atoms with Gasteiger partial charge in [-0.15, -0.1) is 0 Å². The summed E-state index contributed by atoms with van der Waals surface area (Å²) in [6, 6.07) is 7.55. The molecule has 0 amide bonds. The summed E-state index contributed by atoms with van der Waals surface area (Å²) in [5.74, 6) is 1.68. The van der Waals surface area contributed by atoms with E-state index < -0.39 is 11.6 Å². The van der Waals surface area contributed by atoms with Gasteiger partial charge in [0.15, 0.2) is 5.96 Å². The molecule has 0 aliphatic carbocycles. The lowest BCUT2D eigenvalue weighted by atomic mass is 10.2. The van der Waals surface area contributed by atoms with Gasteiger partial charge in [-0.05, 0) is 37.6 Å². The fraction of sp³-hybridized carbons (Fsp3) is 0.348. The second-order valence-electron chi connectivity index (χ2n) is 7.61. The average molecular weight is 440 g/mol. The number of anilines is 1. The molecule has 1 aromatic carbocycles. The van der Waals surface area contributed by atoms with Crippen LogP contribution in [-0.4, -0.2) is 58.1 Å². The van der Waals surface area contributed by atoms with Crippen LogP contribution in [0.2, 0.25) is 0 Å². The van der Waals surface area contributed by atoms with Crippen molar-refractivity contribution in [3.8, 4) is 5.82 Å². The molecule has 3 heterocycles. The van der Waals surface area contributed by atoms with Crippen LogP contribution in [-0.2, 0) is 6.54 Å². The van der Waals surface area contributed by atoms with E-state index in [2.05, 4.69) is 20.2 Å². The number of benzene rings is 1. The third kappa shape index (κ3) is 4.87. The van der Waals surface area contributed by atoms with E-state index in [1.807, 2.05) is 47.8 Å². The summed E-state index contributed by atoms with van der Waals surface area (Å²) in [6.07, 6.45) is 5.46. The normalized spacial score (nSPS) is 14.7. The highest BCUT2D eigenvalue weighted by atomic mass is 19.1. The van der Waals surface area contributed by atoms with E-state index in [-0.39, 0.29) is 0 Å². The number of aromatic nitrogens is 3. The molecule has 7 nitrogen and oxygen atoms in total. The van der Waals surface area contributed by atoms with Gasteiger partial charge >= 0.3 is 0 Å². The molecule has 4 rings (SSSR count). The summed E-state index contributed by atoms with van der Waals surface area (Å²) in [7, 11) is 0. The van der Waals surface area contributed by atoms with Crippen LogP contribution in [0.3, 0.4) is 0 Å². The van der Waals surface area contributed by atoms with Crippen LogP contribution in [0.15, 0.2) is 53.9 Å². The smallest absolute Gasteiger partial charge is 0.194 e. The first-order valence-corrected chi connectivity index (χ1v) is 10.7. The minimum Gasteiger partial charge on any atom is -0.366 e. The Balaban J connectivity index is 1.40. The zero-order valence-corrected chi connectivity index (χ0v) is 18.3. The SMILES string of the molecule is CCNC(=NCc1ccc(-n2ccnc2C)nc1)N1CCN(c2cc(F)ccc2F)CC1. The van der Waals surface area contributed by atoms with Crippen molar-refractivity contribution in [2.45, 2.75) is 20.4 Å². The van der Waals surface area contributed by atoms with Crippen molar-refractivity contribution in [3.63, 3.8) is 0 Å². The Morgan fingerprint density at radius 1 is 1.09 bits per heavy atom. The number of hydrogen-bond donors (Lipinski definition) is 1. The number of hydrogen-bond acceptors (Lipinski definition) is 4. The summed E-state index contributed by atoms with van der Waals surface area (Å²) < 4.78 is 29.6. The molecular formula is C23H27F2N7. The van der Waals surface area contributed by atoms with Crippen molar-refractivity contribution in [3.05, 3.63) is 71.9 Å². The van der Waals surface area contributed by atoms with Crippen molar-refractivity contribution in [2.24, 2.45) is 4.99 Å². The van der Waals surface area contributed by atoms with Crippen LogP contribution in [0.25, 0.3) is 5.82 Å². The Labute approximate surface area is 186 Å². The van der Waals surface area contributed by atoms with Crippen LogP contribution in [0, 0.1) is 18.6 Å². The van der Waals surface area contributed by atoms with Crippen molar-refractivity contribution in [1.82, 2.24) is 24.8 Å². The number of guanidine groups is 1. The Bertz CT molecular complexity index is 1070. The molecule has 9 heteroatoms. The number of pyridine rings is 1. The summed E-state index contributed by atoms with van der Waals surface area (Å²) in [4.78, 5) is 17.5. The molecule has 1 fully saturated rings. The Kier molecular flexibility index (Phi) is 6.63. The molecule has 0 atom stereocenters. The minimum absolute atomic E-state index is 0.311. The lowest BCUT2D eigenvalue weighted by molar-refractivity contribution is 0.370. The number of aliphatic imine (C=N–C) groups is 1. The van der Waals surface area contributed by atoms with Crippen LogP contribution >= 0.6 is 0 Å². The highest BCUT2D eigenvalue weighted by Crippen LogP contribution is 2.22. The maximum absolute atomic E-state index is 14.1. The van der Waals surface area contributed by atoms with Gasteiger partial charge in [-0.3, -0.25) is 4.57 Å². The van der Waals surface area contributed by atoms with Gasteiger partial charge in [-0.25, -0.2) is 23.7 Å². The van der Waals surface area contributed by atoms with E-state index in [1.54, 1.807) is 6.20 Å². The van der Waals surface area contributed by atoms with Crippen molar-refractivity contribution < 1.29 is 8.78 Å².